The van der Waals surface area contributed by atoms with Crippen LogP contribution in [0.3, 0.4) is 0 Å². The fourth-order valence-corrected chi connectivity index (χ4v) is 2.58. The van der Waals surface area contributed by atoms with Gasteiger partial charge in [0.2, 0.25) is 0 Å². The summed E-state index contributed by atoms with van der Waals surface area (Å²) in [7, 11) is 1.98. The first kappa shape index (κ1) is 12.9. The smallest absolute Gasteiger partial charge is 0.0945 e. The topological polar surface area (TPSA) is 34.8 Å². The van der Waals surface area contributed by atoms with Gasteiger partial charge in [-0.05, 0) is 36.6 Å². The molecule has 1 N–H and O–H groups in total. The van der Waals surface area contributed by atoms with Crippen LogP contribution in [0.5, 0.6) is 0 Å². The predicted octanol–water partition coefficient (Wildman–Crippen LogP) is 2.65. The fraction of sp³-hybridized carbons (Fsp3) is 0.312. The Kier molecular flexibility index (Phi) is 3.83. The van der Waals surface area contributed by atoms with Crippen LogP contribution < -0.4 is 5.32 Å². The molecule has 1 aromatic carbocycles. The zero-order valence-electron chi connectivity index (χ0n) is 11.8. The number of hydrogen-bond donors (Lipinski definition) is 1. The summed E-state index contributed by atoms with van der Waals surface area (Å²) >= 11 is 0. The highest BCUT2D eigenvalue weighted by molar-refractivity contribution is 5.80. The van der Waals surface area contributed by atoms with Crippen molar-refractivity contribution in [2.45, 2.75) is 26.1 Å². The average molecular weight is 268 g/mol. The quantitative estimate of drug-likeness (QED) is 0.746. The number of benzene rings is 1. The van der Waals surface area contributed by atoms with E-state index in [2.05, 4.69) is 49.9 Å². The molecule has 0 bridgehead atoms. The van der Waals surface area contributed by atoms with Crippen molar-refractivity contribution in [1.82, 2.24) is 19.4 Å². The molecule has 0 spiro atoms. The standard InChI is InChI=1S/C16H20N4/c1-17-12-14-3-4-15-5-9-20(16(15)11-14)8-2-7-19-10-6-18-13-19/h3-6,9-11,13,17H,2,7-8,12H2,1H3. The van der Waals surface area contributed by atoms with E-state index < -0.39 is 0 Å². The summed E-state index contributed by atoms with van der Waals surface area (Å²) in [6, 6.07) is 8.86. The summed E-state index contributed by atoms with van der Waals surface area (Å²) in [6.07, 6.45) is 9.00. The maximum Gasteiger partial charge on any atom is 0.0945 e. The van der Waals surface area contributed by atoms with Crippen molar-refractivity contribution in [3.05, 3.63) is 54.7 Å². The van der Waals surface area contributed by atoms with Crippen LogP contribution in [0.4, 0.5) is 0 Å². The second-order valence-corrected chi connectivity index (χ2v) is 5.09. The minimum absolute atomic E-state index is 0.913. The Morgan fingerprint density at radius 3 is 2.90 bits per heavy atom. The molecule has 4 nitrogen and oxygen atoms in total. The van der Waals surface area contributed by atoms with Gasteiger partial charge in [-0.15, -0.1) is 0 Å². The molecule has 2 aromatic heterocycles. The zero-order valence-corrected chi connectivity index (χ0v) is 11.8. The number of nitrogens with zero attached hydrogens (tertiary/aromatic N) is 3. The fourth-order valence-electron chi connectivity index (χ4n) is 2.58. The van der Waals surface area contributed by atoms with Gasteiger partial charge >= 0.3 is 0 Å². The van der Waals surface area contributed by atoms with Crippen molar-refractivity contribution in [1.29, 1.82) is 0 Å². The first-order valence-corrected chi connectivity index (χ1v) is 7.05. The Hall–Kier alpha value is -2.07. The molecule has 0 unspecified atom stereocenters. The van der Waals surface area contributed by atoms with Crippen LogP contribution in [0, 0.1) is 0 Å². The highest BCUT2D eigenvalue weighted by atomic mass is 15.0. The lowest BCUT2D eigenvalue weighted by Gasteiger charge is -2.07. The lowest BCUT2D eigenvalue weighted by Crippen LogP contribution is -2.05. The van der Waals surface area contributed by atoms with Gasteiger partial charge in [0.15, 0.2) is 0 Å². The van der Waals surface area contributed by atoms with Gasteiger partial charge in [0, 0.05) is 43.7 Å². The molecule has 0 saturated heterocycles. The summed E-state index contributed by atoms with van der Waals surface area (Å²) in [6.45, 7) is 2.96. The molecule has 3 rings (SSSR count). The lowest BCUT2D eigenvalue weighted by atomic mass is 10.1. The van der Waals surface area contributed by atoms with Gasteiger partial charge in [-0.25, -0.2) is 4.98 Å². The van der Waals surface area contributed by atoms with Crippen LogP contribution in [-0.2, 0) is 19.6 Å². The minimum atomic E-state index is 0.913. The van der Waals surface area contributed by atoms with Crippen LogP contribution in [0.25, 0.3) is 10.9 Å². The van der Waals surface area contributed by atoms with Crippen molar-refractivity contribution >= 4 is 10.9 Å². The van der Waals surface area contributed by atoms with E-state index in [1.54, 1.807) is 0 Å². The van der Waals surface area contributed by atoms with Crippen molar-refractivity contribution in [2.75, 3.05) is 7.05 Å². The summed E-state index contributed by atoms with van der Waals surface area (Å²) in [4.78, 5) is 4.07. The van der Waals surface area contributed by atoms with Crippen LogP contribution in [0.1, 0.15) is 12.0 Å². The van der Waals surface area contributed by atoms with Crippen molar-refractivity contribution in [3.63, 3.8) is 0 Å². The maximum absolute atomic E-state index is 4.07. The number of aryl methyl sites for hydroxylation is 2. The molecule has 3 aromatic rings. The van der Waals surface area contributed by atoms with Gasteiger partial charge in [0.05, 0.1) is 6.33 Å². The molecular weight excluding hydrogens is 248 g/mol. The Labute approximate surface area is 119 Å². The summed E-state index contributed by atoms with van der Waals surface area (Å²) < 4.78 is 4.46. The predicted molar refractivity (Wildman–Crippen MR) is 81.5 cm³/mol. The first-order chi connectivity index (χ1) is 9.86. The third-order valence-electron chi connectivity index (χ3n) is 3.59. The molecule has 104 valence electrons. The van der Waals surface area contributed by atoms with Gasteiger partial charge in [-0.1, -0.05) is 12.1 Å². The number of imidazole rings is 1. The number of aromatic nitrogens is 3. The Morgan fingerprint density at radius 1 is 1.15 bits per heavy atom. The maximum atomic E-state index is 4.07. The van der Waals surface area contributed by atoms with Gasteiger partial charge in [0.1, 0.15) is 0 Å². The van der Waals surface area contributed by atoms with Gasteiger partial charge in [-0.3, -0.25) is 0 Å². The van der Waals surface area contributed by atoms with E-state index >= 15 is 0 Å². The molecule has 0 aliphatic heterocycles. The first-order valence-electron chi connectivity index (χ1n) is 7.05. The minimum Gasteiger partial charge on any atom is -0.347 e. The average Bonchev–Trinajstić information content (AvgIpc) is 3.09. The molecule has 0 amide bonds. The van der Waals surface area contributed by atoms with Gasteiger partial charge < -0.3 is 14.5 Å². The monoisotopic (exact) mass is 268 g/mol. The van der Waals surface area contributed by atoms with E-state index in [0.717, 1.165) is 26.1 Å². The molecule has 4 heteroatoms. The van der Waals surface area contributed by atoms with E-state index in [-0.39, 0.29) is 0 Å². The second kappa shape index (κ2) is 5.92. The highest BCUT2D eigenvalue weighted by Gasteiger charge is 2.02. The molecule has 0 radical (unpaired) electrons. The number of rotatable bonds is 6. The zero-order chi connectivity index (χ0) is 13.8. The third-order valence-corrected chi connectivity index (χ3v) is 3.59. The summed E-state index contributed by atoms with van der Waals surface area (Å²) in [5, 5.41) is 4.51. The molecule has 2 heterocycles. The largest absolute Gasteiger partial charge is 0.347 e. The van der Waals surface area contributed by atoms with Crippen LogP contribution >= 0.6 is 0 Å². The Morgan fingerprint density at radius 2 is 2.10 bits per heavy atom. The number of hydrogen-bond acceptors (Lipinski definition) is 2. The SMILES string of the molecule is CNCc1ccc2ccn(CCCn3ccnc3)c2c1. The highest BCUT2D eigenvalue weighted by Crippen LogP contribution is 2.18. The van der Waals surface area contributed by atoms with Gasteiger partial charge in [-0.2, -0.15) is 0 Å². The Bertz CT molecular complexity index is 667. The van der Waals surface area contributed by atoms with E-state index in [4.69, 9.17) is 0 Å². The lowest BCUT2D eigenvalue weighted by molar-refractivity contribution is 0.573. The van der Waals surface area contributed by atoms with E-state index in [9.17, 15) is 0 Å². The Balaban J connectivity index is 1.72. The van der Waals surface area contributed by atoms with Crippen LogP contribution in [0.2, 0.25) is 0 Å². The number of fused-ring (bicyclic) bond motifs is 1. The van der Waals surface area contributed by atoms with Crippen molar-refractivity contribution < 1.29 is 0 Å². The van der Waals surface area contributed by atoms with Gasteiger partial charge in [0.25, 0.3) is 0 Å². The van der Waals surface area contributed by atoms with Crippen molar-refractivity contribution in [2.24, 2.45) is 0 Å². The van der Waals surface area contributed by atoms with E-state index in [1.807, 2.05) is 25.8 Å². The molecule has 0 saturated carbocycles. The molecular formula is C16H20N4. The summed E-state index contributed by atoms with van der Waals surface area (Å²) in [5.74, 6) is 0. The van der Waals surface area contributed by atoms with E-state index in [1.165, 1.54) is 16.5 Å². The van der Waals surface area contributed by atoms with E-state index in [0.29, 0.717) is 0 Å². The molecule has 20 heavy (non-hydrogen) atoms. The molecule has 0 atom stereocenters. The molecule has 0 fully saturated rings. The normalized spacial score (nSPS) is 11.2. The van der Waals surface area contributed by atoms with Crippen LogP contribution in [0.15, 0.2) is 49.2 Å². The molecule has 0 aliphatic carbocycles. The number of nitrogens with one attached hydrogen (secondary N) is 1. The summed E-state index contributed by atoms with van der Waals surface area (Å²) in [5.41, 5.74) is 2.65. The van der Waals surface area contributed by atoms with Crippen molar-refractivity contribution in [3.8, 4) is 0 Å². The second-order valence-electron chi connectivity index (χ2n) is 5.09. The van der Waals surface area contributed by atoms with Crippen LogP contribution in [-0.4, -0.2) is 21.2 Å². The molecule has 0 aliphatic rings. The third kappa shape index (κ3) is 2.75.